The average molecular weight is 425 g/mol. The van der Waals surface area contributed by atoms with Crippen LogP contribution in [0, 0.1) is 0 Å². The van der Waals surface area contributed by atoms with Gasteiger partial charge in [-0.1, -0.05) is 68.4 Å². The van der Waals surface area contributed by atoms with Gasteiger partial charge >= 0.3 is 0 Å². The molecule has 5 rings (SSSR count). The molecule has 4 aromatic rings. The lowest BCUT2D eigenvalue weighted by Gasteiger charge is -2.36. The number of hydrogen-bond acceptors (Lipinski definition) is 6. The van der Waals surface area contributed by atoms with E-state index in [1.54, 1.807) is 0 Å². The van der Waals surface area contributed by atoms with E-state index in [2.05, 4.69) is 92.3 Å². The smallest absolute Gasteiger partial charge is 0.159 e. The summed E-state index contributed by atoms with van der Waals surface area (Å²) in [6, 6.07) is 19.0. The molecule has 3 heterocycles. The number of hydrogen-bond donors (Lipinski definition) is 0. The largest absolute Gasteiger partial charge is 0.352 e. The summed E-state index contributed by atoms with van der Waals surface area (Å²) in [5, 5.41) is 11.7. The van der Waals surface area contributed by atoms with Gasteiger partial charge in [0.2, 0.25) is 0 Å². The number of rotatable bonds is 5. The molecule has 1 aliphatic rings. The maximum Gasteiger partial charge on any atom is 0.159 e. The molecule has 0 aliphatic carbocycles. The first-order valence-corrected chi connectivity index (χ1v) is 11.3. The minimum absolute atomic E-state index is 0.394. The van der Waals surface area contributed by atoms with E-state index in [-0.39, 0.29) is 0 Å². The van der Waals surface area contributed by atoms with Crippen LogP contribution >= 0.6 is 0 Å². The van der Waals surface area contributed by atoms with E-state index in [0.29, 0.717) is 5.92 Å². The van der Waals surface area contributed by atoms with Crippen molar-refractivity contribution in [2.75, 3.05) is 36.0 Å². The summed E-state index contributed by atoms with van der Waals surface area (Å²) >= 11 is 0. The average Bonchev–Trinajstić information content (AvgIpc) is 2.85. The normalized spacial score (nSPS) is 14.3. The molecule has 6 heteroatoms. The van der Waals surface area contributed by atoms with Crippen LogP contribution in [0.4, 0.5) is 11.6 Å². The first-order valence-electron chi connectivity index (χ1n) is 11.3. The summed E-state index contributed by atoms with van der Waals surface area (Å²) in [6.07, 6.45) is 4.59. The van der Waals surface area contributed by atoms with Gasteiger partial charge in [0.25, 0.3) is 0 Å². The lowest BCUT2D eigenvalue weighted by Crippen LogP contribution is -2.47. The van der Waals surface area contributed by atoms with Crippen LogP contribution in [0.1, 0.15) is 36.7 Å². The second-order valence-electron chi connectivity index (χ2n) is 8.61. The molecule has 1 aliphatic heterocycles. The minimum atomic E-state index is 0.394. The maximum absolute atomic E-state index is 4.68. The third-order valence-electron chi connectivity index (χ3n) is 6.11. The Hall–Kier alpha value is -3.54. The molecule has 1 saturated heterocycles. The van der Waals surface area contributed by atoms with Gasteiger partial charge in [-0.25, -0.2) is 4.98 Å². The quantitative estimate of drug-likeness (QED) is 0.471. The van der Waals surface area contributed by atoms with Gasteiger partial charge in [-0.2, -0.15) is 5.10 Å². The molecule has 6 nitrogen and oxygen atoms in total. The minimum Gasteiger partial charge on any atom is -0.352 e. The predicted octanol–water partition coefficient (Wildman–Crippen LogP) is 4.46. The van der Waals surface area contributed by atoms with Crippen LogP contribution in [-0.2, 0) is 6.42 Å². The van der Waals surface area contributed by atoms with E-state index in [1.165, 1.54) is 16.3 Å². The Morgan fingerprint density at radius 1 is 0.750 bits per heavy atom. The van der Waals surface area contributed by atoms with E-state index < -0.39 is 0 Å². The molecule has 0 atom stereocenters. The first kappa shape index (κ1) is 20.4. The van der Waals surface area contributed by atoms with Gasteiger partial charge in [-0.15, -0.1) is 5.10 Å². The second kappa shape index (κ2) is 8.91. The number of nitrogens with zero attached hydrogens (tertiary/aromatic N) is 6. The van der Waals surface area contributed by atoms with Crippen LogP contribution in [0.5, 0.6) is 0 Å². The monoisotopic (exact) mass is 424 g/mol. The lowest BCUT2D eigenvalue weighted by atomic mass is 10.0. The highest BCUT2D eigenvalue weighted by Crippen LogP contribution is 2.28. The third kappa shape index (κ3) is 4.13. The Labute approximate surface area is 189 Å². The highest BCUT2D eigenvalue weighted by molar-refractivity contribution is 5.93. The zero-order valence-corrected chi connectivity index (χ0v) is 18.6. The van der Waals surface area contributed by atoms with Crippen molar-refractivity contribution in [3.05, 3.63) is 83.9 Å². The van der Waals surface area contributed by atoms with Gasteiger partial charge < -0.3 is 9.80 Å². The fourth-order valence-electron chi connectivity index (χ4n) is 4.24. The van der Waals surface area contributed by atoms with Gasteiger partial charge in [-0.05, 0) is 11.5 Å². The van der Waals surface area contributed by atoms with Crippen molar-refractivity contribution in [1.29, 1.82) is 0 Å². The van der Waals surface area contributed by atoms with Crippen LogP contribution in [0.25, 0.3) is 10.8 Å². The van der Waals surface area contributed by atoms with Crippen molar-refractivity contribution in [2.24, 2.45) is 0 Å². The number of benzene rings is 2. The van der Waals surface area contributed by atoms with E-state index in [1.807, 2.05) is 18.5 Å². The number of aromatic nitrogens is 4. The molecule has 0 bridgehead atoms. The molecule has 2 aromatic carbocycles. The van der Waals surface area contributed by atoms with E-state index >= 15 is 0 Å². The number of piperazine rings is 1. The molecule has 0 spiro atoms. The highest BCUT2D eigenvalue weighted by atomic mass is 15.3. The fourth-order valence-corrected chi connectivity index (χ4v) is 4.24. The van der Waals surface area contributed by atoms with Gasteiger partial charge in [0.05, 0.1) is 23.8 Å². The maximum atomic E-state index is 4.68. The molecule has 0 N–H and O–H groups in total. The zero-order chi connectivity index (χ0) is 21.9. The van der Waals surface area contributed by atoms with Crippen molar-refractivity contribution in [3.8, 4) is 0 Å². The lowest BCUT2D eigenvalue weighted by molar-refractivity contribution is 0.637. The van der Waals surface area contributed by atoms with E-state index in [4.69, 9.17) is 0 Å². The Bertz CT molecular complexity index is 1180. The molecule has 162 valence electrons. The van der Waals surface area contributed by atoms with Crippen molar-refractivity contribution in [3.63, 3.8) is 0 Å². The molecule has 0 amide bonds. The number of anilines is 2. The van der Waals surface area contributed by atoms with Gasteiger partial charge in [-0.3, -0.25) is 4.98 Å². The highest BCUT2D eigenvalue weighted by Gasteiger charge is 2.22. The summed E-state index contributed by atoms with van der Waals surface area (Å²) in [7, 11) is 0. The van der Waals surface area contributed by atoms with E-state index in [9.17, 15) is 0 Å². The Morgan fingerprint density at radius 3 is 2.12 bits per heavy atom. The molecule has 0 radical (unpaired) electrons. The van der Waals surface area contributed by atoms with Crippen LogP contribution in [0.3, 0.4) is 0 Å². The standard InChI is InChI=1S/C26H28N6/c1-19(2)24-17-28-25(18-27-24)31-12-14-32(15-13-31)26-22-11-7-6-10-21(22)23(29-30-26)16-20-8-4-3-5-9-20/h3-11,17-19H,12-16H2,1-2H3. The van der Waals surface area contributed by atoms with Crippen molar-refractivity contribution in [1.82, 2.24) is 20.2 Å². The summed E-state index contributed by atoms with van der Waals surface area (Å²) < 4.78 is 0. The molecule has 1 fully saturated rings. The van der Waals surface area contributed by atoms with Gasteiger partial charge in [0, 0.05) is 43.4 Å². The molecule has 2 aromatic heterocycles. The SMILES string of the molecule is CC(C)c1cnc(N2CCN(c3nnc(Cc4ccccc4)c4ccccc34)CC2)cn1. The zero-order valence-electron chi connectivity index (χ0n) is 18.6. The Morgan fingerprint density at radius 2 is 1.44 bits per heavy atom. The molecule has 0 saturated carbocycles. The second-order valence-corrected chi connectivity index (χ2v) is 8.61. The van der Waals surface area contributed by atoms with Gasteiger partial charge in [0.1, 0.15) is 5.82 Å². The van der Waals surface area contributed by atoms with Crippen molar-refractivity contribution >= 4 is 22.4 Å². The molecular weight excluding hydrogens is 396 g/mol. The summed E-state index contributed by atoms with van der Waals surface area (Å²) in [6.45, 7) is 7.81. The third-order valence-corrected chi connectivity index (χ3v) is 6.11. The van der Waals surface area contributed by atoms with Crippen molar-refractivity contribution in [2.45, 2.75) is 26.2 Å². The summed E-state index contributed by atoms with van der Waals surface area (Å²) in [5.74, 6) is 2.31. The Kier molecular flexibility index (Phi) is 5.67. The fraction of sp³-hybridized carbons (Fsp3) is 0.308. The first-order chi connectivity index (χ1) is 15.7. The van der Waals surface area contributed by atoms with Crippen LogP contribution in [-0.4, -0.2) is 46.3 Å². The topological polar surface area (TPSA) is 58.0 Å². The molecular formula is C26H28N6. The van der Waals surface area contributed by atoms with Crippen LogP contribution in [0.2, 0.25) is 0 Å². The number of fused-ring (bicyclic) bond motifs is 1. The van der Waals surface area contributed by atoms with Crippen LogP contribution in [0.15, 0.2) is 67.0 Å². The van der Waals surface area contributed by atoms with Gasteiger partial charge in [0.15, 0.2) is 5.82 Å². The van der Waals surface area contributed by atoms with E-state index in [0.717, 1.165) is 55.6 Å². The summed E-state index contributed by atoms with van der Waals surface area (Å²) in [5.41, 5.74) is 3.30. The Balaban J connectivity index is 1.35. The summed E-state index contributed by atoms with van der Waals surface area (Å²) in [4.78, 5) is 13.9. The predicted molar refractivity (Wildman–Crippen MR) is 129 cm³/mol. The molecule has 32 heavy (non-hydrogen) atoms. The van der Waals surface area contributed by atoms with Crippen LogP contribution < -0.4 is 9.80 Å². The molecule has 0 unspecified atom stereocenters. The van der Waals surface area contributed by atoms with Crippen molar-refractivity contribution < 1.29 is 0 Å².